The highest BCUT2D eigenvalue weighted by molar-refractivity contribution is 7.47. The Balaban J connectivity index is 1.19. The van der Waals surface area contributed by atoms with Crippen molar-refractivity contribution in [2.75, 3.05) is 13.2 Å². The second kappa shape index (κ2) is 26.7. The van der Waals surface area contributed by atoms with Crippen molar-refractivity contribution in [2.24, 2.45) is 94.7 Å². The minimum atomic E-state index is -5.25. The fourth-order valence-corrected chi connectivity index (χ4v) is 16.9. The number of allylic oxidation sites excluding steroid dienone is 6. The normalized spacial score (nSPS) is 32.3. The number of imidazole rings is 1. The molecule has 0 saturated carbocycles. The second-order valence-electron chi connectivity index (χ2n) is 27.3. The number of aryl methyl sites for hydroxylation is 1. The van der Waals surface area contributed by atoms with Crippen LogP contribution in [0.4, 0.5) is 0 Å². The highest BCUT2D eigenvalue weighted by atomic mass is 31.2. The zero-order valence-electron chi connectivity index (χ0n) is 54.0. The van der Waals surface area contributed by atoms with Crippen molar-refractivity contribution in [3.05, 3.63) is 64.4 Å². The standard InChI is InChI=1S/C61H89N13O17P2/c1-29-11-15-39-38(21-29)69-28-74(39)56-51(82)52(40(89-56)27-88-92(83,84)85)91-93(86,87)90-30(2)26-68-48(81)19-20-58(7)36(22-45(65)78)55-61(10)60(9,25-47(67)80)35(14-18-44(64)77)50(73-61)32(4)54-59(8,24-46(66)79)33(12-16-42(62)75)37(70-54)23-41-57(5,6)34(13-17-43(63)76)49(71-41)31(3)53(58)72-55/h11,15,21,23,28,30,33-36,40,51-52,55-56,70,82H,12-14,16-20,22,24-27H2,1-10H3,(H2,62,75)(H2,63,76)(H2,64,77)(H2,65,78)(H2,66,79)(H2,67,80)(H,68,81)(H,86,87)(H2,83,84,85)/b37-23?,49-31?,54-32-/t30-,33-,34-,35-,36+,40-,51-,52-,55-,56+,58-,59+,60+,61+/m1/s1. The first kappa shape index (κ1) is 72.0. The molecule has 1 unspecified atom stereocenters. The van der Waals surface area contributed by atoms with Crippen LogP contribution in [-0.2, 0) is 61.0 Å². The number of phosphoric acid groups is 2. The SMILES string of the molecule is CC1=C2N=C(C=C3N/C(=C(/C)C4=N[C@@](C)([C@@H]5N=C1[C@](C)(CCC(=O)NC[C@@H](C)OP(=O)(O)O[C@H]1[C@@H](O)[C@@H](n6cnc7cc(C)ccc76)O[C@@H]1COP(=O)(O)O)[C@H]5CC(N)=O)[C@@](C)(CC(N)=O)[C@@H]4CCC(N)=O)[C@@](C)(CC(N)=O)[C@@H]3CCC(N)=O)C(C)(C)[C@@H]2CCC(N)=O. The van der Waals surface area contributed by atoms with Gasteiger partial charge in [-0.1, -0.05) is 40.7 Å². The number of carbonyl (C=O) groups is 7. The summed E-state index contributed by atoms with van der Waals surface area (Å²) < 4.78 is 48.7. The zero-order valence-corrected chi connectivity index (χ0v) is 55.8. The molecule has 7 heterocycles. The molecule has 2 saturated heterocycles. The van der Waals surface area contributed by atoms with Crippen LogP contribution in [0.5, 0.6) is 0 Å². The minimum absolute atomic E-state index is 0.0469. The molecule has 18 N–H and O–H groups in total. The number of aliphatic hydroxyl groups is 1. The van der Waals surface area contributed by atoms with Crippen molar-refractivity contribution < 1.29 is 80.8 Å². The van der Waals surface area contributed by atoms with Crippen LogP contribution in [-0.4, -0.2) is 137 Å². The maximum atomic E-state index is 14.4. The molecule has 1 aromatic carbocycles. The van der Waals surface area contributed by atoms with E-state index in [0.29, 0.717) is 56.4 Å². The minimum Gasteiger partial charge on any atom is -0.386 e. The summed E-state index contributed by atoms with van der Waals surface area (Å²) in [5.74, 6) is -7.46. The quantitative estimate of drug-likeness (QED) is 0.0545. The van der Waals surface area contributed by atoms with Crippen LogP contribution in [0.15, 0.2) is 73.8 Å². The number of nitrogens with zero attached hydrogens (tertiary/aromatic N) is 5. The van der Waals surface area contributed by atoms with Crippen LogP contribution in [0.3, 0.4) is 0 Å². The number of hydrogen-bond acceptors (Lipinski definition) is 19. The van der Waals surface area contributed by atoms with E-state index in [1.165, 1.54) is 17.8 Å². The lowest BCUT2D eigenvalue weighted by atomic mass is 9.55. The zero-order chi connectivity index (χ0) is 69.0. The number of aromatic nitrogens is 2. The number of fused-ring (bicyclic) bond motifs is 7. The summed E-state index contributed by atoms with van der Waals surface area (Å²) in [6.45, 7) is 16.7. The van der Waals surface area contributed by atoms with Crippen molar-refractivity contribution in [3.63, 3.8) is 0 Å². The number of hydrogen-bond donors (Lipinski definition) is 12. The maximum absolute atomic E-state index is 14.4. The number of carbonyl (C=O) groups excluding carboxylic acids is 7. The number of nitrogens with one attached hydrogen (secondary N) is 2. The van der Waals surface area contributed by atoms with E-state index in [4.69, 9.17) is 63.2 Å². The molecule has 2 fully saturated rings. The second-order valence-corrected chi connectivity index (χ2v) is 29.9. The van der Waals surface area contributed by atoms with Crippen LogP contribution in [0, 0.1) is 52.3 Å². The predicted octanol–water partition coefficient (Wildman–Crippen LogP) is 2.97. The molecule has 8 bridgehead atoms. The number of benzene rings is 1. The van der Waals surface area contributed by atoms with Crippen molar-refractivity contribution in [1.29, 1.82) is 0 Å². The molecule has 6 aliphatic heterocycles. The van der Waals surface area contributed by atoms with E-state index in [-0.39, 0.29) is 70.6 Å². The van der Waals surface area contributed by atoms with Crippen molar-refractivity contribution in [3.8, 4) is 0 Å². The number of aliphatic hydroxyl groups excluding tert-OH is 1. The van der Waals surface area contributed by atoms with Gasteiger partial charge >= 0.3 is 15.6 Å². The van der Waals surface area contributed by atoms with Gasteiger partial charge in [-0.25, -0.2) is 14.1 Å². The Hall–Kier alpha value is -6.85. The summed E-state index contributed by atoms with van der Waals surface area (Å²) in [5, 5.41) is 18.0. The third kappa shape index (κ3) is 14.6. The van der Waals surface area contributed by atoms with Gasteiger partial charge in [-0.05, 0) is 95.2 Å². The first-order chi connectivity index (χ1) is 43.1. The van der Waals surface area contributed by atoms with E-state index in [0.717, 1.165) is 5.56 Å². The lowest BCUT2D eigenvalue weighted by molar-refractivity contribution is -0.124. The van der Waals surface area contributed by atoms with E-state index in [1.54, 1.807) is 39.0 Å². The molecule has 0 aliphatic carbocycles. The number of primary amides is 6. The number of ether oxygens (including phenoxy) is 1. The maximum Gasteiger partial charge on any atom is 0.472 e. The average Bonchev–Trinajstić information content (AvgIpc) is 1.53. The Kier molecular flexibility index (Phi) is 20.7. The monoisotopic (exact) mass is 1340 g/mol. The van der Waals surface area contributed by atoms with E-state index in [2.05, 4.69) is 20.1 Å². The Morgan fingerprint density at radius 3 is 2.00 bits per heavy atom. The number of nitrogens with two attached hydrogens (primary N) is 6. The van der Waals surface area contributed by atoms with Crippen LogP contribution in [0.1, 0.15) is 145 Å². The Morgan fingerprint density at radius 2 is 1.41 bits per heavy atom. The molecule has 0 spiro atoms. The van der Waals surface area contributed by atoms with Gasteiger partial charge in [0, 0.05) is 131 Å². The summed E-state index contributed by atoms with van der Waals surface area (Å²) in [4.78, 5) is 145. The summed E-state index contributed by atoms with van der Waals surface area (Å²) in [6, 6.07) is 4.18. The molecular weight excluding hydrogens is 1250 g/mol. The molecule has 2 aromatic rings. The summed E-state index contributed by atoms with van der Waals surface area (Å²) in [7, 11) is -10.4. The largest absolute Gasteiger partial charge is 0.472 e. The number of rotatable bonds is 28. The highest BCUT2D eigenvalue weighted by Crippen LogP contribution is 2.63. The molecule has 0 radical (unpaired) electrons. The number of aliphatic imine (C=N–C) groups is 3. The van der Waals surface area contributed by atoms with Crippen molar-refractivity contribution >= 4 is 85.2 Å². The topological polar surface area (TPSA) is 507 Å². The van der Waals surface area contributed by atoms with Crippen molar-refractivity contribution in [2.45, 2.75) is 182 Å². The number of phosphoric ester groups is 2. The molecule has 15 atom stereocenters. The smallest absolute Gasteiger partial charge is 0.386 e. The van der Waals surface area contributed by atoms with Gasteiger partial charge in [0.2, 0.25) is 41.4 Å². The van der Waals surface area contributed by atoms with Gasteiger partial charge in [0.25, 0.3) is 0 Å². The van der Waals surface area contributed by atoms with Crippen LogP contribution >= 0.6 is 15.6 Å². The van der Waals surface area contributed by atoms with Gasteiger partial charge in [0.1, 0.15) is 18.3 Å². The summed E-state index contributed by atoms with van der Waals surface area (Å²) >= 11 is 0. The van der Waals surface area contributed by atoms with Gasteiger partial charge in [0.15, 0.2) is 6.23 Å². The lowest BCUT2D eigenvalue weighted by Gasteiger charge is -2.48. The average molecular weight is 1340 g/mol. The molecule has 93 heavy (non-hydrogen) atoms. The summed E-state index contributed by atoms with van der Waals surface area (Å²) in [5.41, 5.74) is 35.7. The van der Waals surface area contributed by atoms with Gasteiger partial charge in [-0.2, -0.15) is 0 Å². The molecule has 1 aromatic heterocycles. The molecular formula is C61H89N13O17P2. The lowest BCUT2D eigenvalue weighted by Crippen LogP contribution is -2.56. The Labute approximate surface area is 538 Å². The molecule has 8 rings (SSSR count). The van der Waals surface area contributed by atoms with Gasteiger partial charge in [-0.3, -0.25) is 62.1 Å². The fraction of sp³-hybridized carbons (Fsp3) is 0.623. The van der Waals surface area contributed by atoms with E-state index in [1.807, 2.05) is 47.6 Å². The fourth-order valence-electron chi connectivity index (χ4n) is 15.5. The van der Waals surface area contributed by atoms with Crippen LogP contribution in [0.2, 0.25) is 0 Å². The van der Waals surface area contributed by atoms with Gasteiger partial charge < -0.3 is 74.1 Å². The van der Waals surface area contributed by atoms with Crippen LogP contribution in [0.25, 0.3) is 11.0 Å². The third-order valence-corrected chi connectivity index (χ3v) is 22.0. The molecule has 30 nitrogen and oxygen atoms in total. The summed E-state index contributed by atoms with van der Waals surface area (Å²) in [6.07, 6.45) is -5.67. The Morgan fingerprint density at radius 1 is 0.796 bits per heavy atom. The van der Waals surface area contributed by atoms with Gasteiger partial charge in [0.05, 0.1) is 41.7 Å². The van der Waals surface area contributed by atoms with E-state index < -0.39 is 158 Å². The predicted molar refractivity (Wildman–Crippen MR) is 340 cm³/mol. The third-order valence-electron chi connectivity index (χ3n) is 20.4. The van der Waals surface area contributed by atoms with E-state index in [9.17, 15) is 62.5 Å². The van der Waals surface area contributed by atoms with E-state index >= 15 is 0 Å². The highest BCUT2D eigenvalue weighted by Gasteiger charge is 2.66. The first-order valence-electron chi connectivity index (χ1n) is 30.9. The van der Waals surface area contributed by atoms with Crippen molar-refractivity contribution in [1.82, 2.24) is 20.2 Å². The van der Waals surface area contributed by atoms with Gasteiger partial charge in [-0.15, -0.1) is 0 Å². The molecule has 6 aliphatic rings. The Bertz CT molecular complexity index is 3690. The molecule has 32 heteroatoms. The first-order valence-corrected chi connectivity index (χ1v) is 33.9. The molecule has 510 valence electrons. The molecule has 7 amide bonds. The van der Waals surface area contributed by atoms with Crippen LogP contribution < -0.4 is 45.0 Å². The number of amides is 7.